The van der Waals surface area contributed by atoms with E-state index in [1.807, 2.05) is 12.1 Å². The summed E-state index contributed by atoms with van der Waals surface area (Å²) >= 11 is 1.73. The normalized spacial score (nSPS) is 19.1. The van der Waals surface area contributed by atoms with E-state index in [-0.39, 0.29) is 16.7 Å². The van der Waals surface area contributed by atoms with Gasteiger partial charge in [0.2, 0.25) is 0 Å². The Morgan fingerprint density at radius 1 is 1.17 bits per heavy atom. The molecule has 0 radical (unpaired) electrons. The highest BCUT2D eigenvalue weighted by Gasteiger charge is 2.30. The van der Waals surface area contributed by atoms with E-state index in [4.69, 9.17) is 4.42 Å². The minimum absolute atomic E-state index is 0.199. The summed E-state index contributed by atoms with van der Waals surface area (Å²) in [6.45, 7) is 1.12. The molecule has 0 aliphatic carbocycles. The minimum Gasteiger partial charge on any atom is -0.468 e. The van der Waals surface area contributed by atoms with Crippen LogP contribution in [0.5, 0.6) is 0 Å². The fraction of sp³-hybridized carbons (Fsp3) is 0.353. The molecule has 3 nitrogen and oxygen atoms in total. The van der Waals surface area contributed by atoms with Gasteiger partial charge in [0.1, 0.15) is 5.76 Å². The van der Waals surface area contributed by atoms with E-state index in [0.717, 1.165) is 30.1 Å². The highest BCUT2D eigenvalue weighted by Crippen LogP contribution is 2.35. The molecule has 1 saturated heterocycles. The average molecular weight is 355 g/mol. The highest BCUT2D eigenvalue weighted by atomic mass is 32.2. The largest absolute Gasteiger partial charge is 0.468 e. The molecule has 1 aliphatic heterocycles. The lowest BCUT2D eigenvalue weighted by atomic mass is 10.1. The van der Waals surface area contributed by atoms with E-state index >= 15 is 0 Å². The molecule has 1 aromatic heterocycles. The van der Waals surface area contributed by atoms with Crippen molar-refractivity contribution in [3.63, 3.8) is 0 Å². The number of furan rings is 1. The van der Waals surface area contributed by atoms with Gasteiger partial charge in [-0.1, -0.05) is 0 Å². The van der Waals surface area contributed by atoms with E-state index in [1.54, 1.807) is 22.9 Å². The molecule has 1 atom stereocenters. The van der Waals surface area contributed by atoms with Crippen molar-refractivity contribution in [2.45, 2.75) is 17.8 Å². The SMILES string of the molecule is O=C(c1ccc(C(F)(F)F)cc1)N1CCSC(c2ccco2)CC1. The Balaban J connectivity index is 1.67. The summed E-state index contributed by atoms with van der Waals surface area (Å²) in [5, 5.41) is 0.199. The Morgan fingerprint density at radius 3 is 2.54 bits per heavy atom. The summed E-state index contributed by atoms with van der Waals surface area (Å²) in [5.41, 5.74) is -0.465. The maximum atomic E-state index is 12.6. The predicted molar refractivity (Wildman–Crippen MR) is 85.9 cm³/mol. The molecule has 0 bridgehead atoms. The molecular weight excluding hydrogens is 339 g/mol. The second-order valence-corrected chi connectivity index (χ2v) is 6.84. The van der Waals surface area contributed by atoms with Crippen molar-refractivity contribution < 1.29 is 22.4 Å². The molecule has 0 N–H and O–H groups in total. The number of carbonyl (C=O) groups excluding carboxylic acids is 1. The molecule has 24 heavy (non-hydrogen) atoms. The first-order valence-corrected chi connectivity index (χ1v) is 8.61. The Kier molecular flexibility index (Phi) is 4.89. The lowest BCUT2D eigenvalue weighted by Crippen LogP contribution is -2.33. The van der Waals surface area contributed by atoms with Crippen LogP contribution in [-0.2, 0) is 6.18 Å². The van der Waals surface area contributed by atoms with Crippen LogP contribution in [0, 0.1) is 0 Å². The van der Waals surface area contributed by atoms with E-state index in [0.29, 0.717) is 13.1 Å². The number of halogens is 3. The Hall–Kier alpha value is -1.89. The Bertz CT molecular complexity index is 683. The molecule has 3 rings (SSSR count). The van der Waals surface area contributed by atoms with Gasteiger partial charge in [-0.05, 0) is 42.8 Å². The predicted octanol–water partition coefficient (Wildman–Crippen LogP) is 4.62. The molecule has 1 fully saturated rings. The van der Waals surface area contributed by atoms with Crippen molar-refractivity contribution >= 4 is 17.7 Å². The van der Waals surface area contributed by atoms with Gasteiger partial charge >= 0.3 is 6.18 Å². The molecule has 0 saturated carbocycles. The first-order chi connectivity index (χ1) is 11.4. The van der Waals surface area contributed by atoms with E-state index in [1.165, 1.54) is 12.1 Å². The molecule has 2 aromatic rings. The van der Waals surface area contributed by atoms with Gasteiger partial charge in [0.15, 0.2) is 0 Å². The van der Waals surface area contributed by atoms with Crippen LogP contribution in [0.1, 0.15) is 33.4 Å². The van der Waals surface area contributed by atoms with Crippen molar-refractivity contribution in [2.24, 2.45) is 0 Å². The zero-order valence-electron chi connectivity index (χ0n) is 12.8. The van der Waals surface area contributed by atoms with Crippen LogP contribution in [0.2, 0.25) is 0 Å². The third kappa shape index (κ3) is 3.77. The van der Waals surface area contributed by atoms with Gasteiger partial charge in [-0.15, -0.1) is 11.8 Å². The number of hydrogen-bond donors (Lipinski definition) is 0. The molecule has 1 aromatic carbocycles. The molecule has 7 heteroatoms. The van der Waals surface area contributed by atoms with Gasteiger partial charge < -0.3 is 9.32 Å². The number of thioether (sulfide) groups is 1. The van der Waals surface area contributed by atoms with Gasteiger partial charge in [-0.3, -0.25) is 4.79 Å². The van der Waals surface area contributed by atoms with Crippen LogP contribution in [0.15, 0.2) is 47.1 Å². The van der Waals surface area contributed by atoms with Gasteiger partial charge in [-0.25, -0.2) is 0 Å². The van der Waals surface area contributed by atoms with Crippen LogP contribution < -0.4 is 0 Å². The van der Waals surface area contributed by atoms with Crippen LogP contribution in [-0.4, -0.2) is 29.6 Å². The van der Waals surface area contributed by atoms with Crippen molar-refractivity contribution in [1.29, 1.82) is 0 Å². The lowest BCUT2D eigenvalue weighted by Gasteiger charge is -2.20. The number of carbonyl (C=O) groups is 1. The van der Waals surface area contributed by atoms with Crippen LogP contribution in [0.4, 0.5) is 13.2 Å². The lowest BCUT2D eigenvalue weighted by molar-refractivity contribution is -0.137. The fourth-order valence-electron chi connectivity index (χ4n) is 2.66. The number of nitrogens with zero attached hydrogens (tertiary/aromatic N) is 1. The quantitative estimate of drug-likeness (QED) is 0.788. The highest BCUT2D eigenvalue weighted by molar-refractivity contribution is 7.99. The molecule has 0 spiro atoms. The van der Waals surface area contributed by atoms with Gasteiger partial charge in [0, 0.05) is 24.4 Å². The van der Waals surface area contributed by atoms with Crippen LogP contribution in [0.3, 0.4) is 0 Å². The standard InChI is InChI=1S/C17H16F3NO2S/c18-17(19,20)13-5-3-12(4-6-13)16(22)21-8-7-15(24-11-9-21)14-2-1-10-23-14/h1-6,10,15H,7-9,11H2. The maximum absolute atomic E-state index is 12.6. The van der Waals surface area contributed by atoms with Gasteiger partial charge in [0.25, 0.3) is 5.91 Å². The summed E-state index contributed by atoms with van der Waals surface area (Å²) in [4.78, 5) is 14.2. The molecule has 128 valence electrons. The summed E-state index contributed by atoms with van der Waals surface area (Å²) in [6, 6.07) is 8.15. The number of rotatable bonds is 2. The molecule has 1 amide bonds. The summed E-state index contributed by atoms with van der Waals surface area (Å²) < 4.78 is 43.2. The van der Waals surface area contributed by atoms with E-state index < -0.39 is 11.7 Å². The monoisotopic (exact) mass is 355 g/mol. The molecule has 1 aliphatic rings. The topological polar surface area (TPSA) is 33.5 Å². The van der Waals surface area contributed by atoms with E-state index in [9.17, 15) is 18.0 Å². The van der Waals surface area contributed by atoms with Gasteiger partial charge in [0.05, 0.1) is 17.1 Å². The van der Waals surface area contributed by atoms with Crippen LogP contribution >= 0.6 is 11.8 Å². The van der Waals surface area contributed by atoms with Gasteiger partial charge in [-0.2, -0.15) is 13.2 Å². The fourth-order valence-corrected chi connectivity index (χ4v) is 3.84. The van der Waals surface area contributed by atoms with Crippen molar-refractivity contribution in [3.05, 3.63) is 59.5 Å². The average Bonchev–Trinajstić information content (AvgIpc) is 2.98. The first-order valence-electron chi connectivity index (χ1n) is 7.56. The molecule has 1 unspecified atom stereocenters. The second kappa shape index (κ2) is 6.93. The second-order valence-electron chi connectivity index (χ2n) is 5.53. The third-order valence-electron chi connectivity index (χ3n) is 3.95. The molecule has 2 heterocycles. The number of benzene rings is 1. The third-order valence-corrected chi connectivity index (χ3v) is 5.24. The summed E-state index contributed by atoms with van der Waals surface area (Å²) in [6.07, 6.45) is -2.01. The molecular formula is C17H16F3NO2S. The Labute approximate surface area is 141 Å². The Morgan fingerprint density at radius 2 is 1.92 bits per heavy atom. The van der Waals surface area contributed by atoms with Crippen molar-refractivity contribution in [3.8, 4) is 0 Å². The van der Waals surface area contributed by atoms with E-state index in [2.05, 4.69) is 0 Å². The number of amides is 1. The zero-order chi connectivity index (χ0) is 17.2. The summed E-state index contributed by atoms with van der Waals surface area (Å²) in [5.74, 6) is 1.42. The summed E-state index contributed by atoms with van der Waals surface area (Å²) in [7, 11) is 0. The number of alkyl halides is 3. The first kappa shape index (κ1) is 17.0. The van der Waals surface area contributed by atoms with Crippen molar-refractivity contribution in [2.75, 3.05) is 18.8 Å². The smallest absolute Gasteiger partial charge is 0.416 e. The minimum atomic E-state index is -4.39. The van der Waals surface area contributed by atoms with Crippen molar-refractivity contribution in [1.82, 2.24) is 4.90 Å². The number of hydrogen-bond acceptors (Lipinski definition) is 3. The van der Waals surface area contributed by atoms with Crippen LogP contribution in [0.25, 0.3) is 0 Å². The zero-order valence-corrected chi connectivity index (χ0v) is 13.6. The maximum Gasteiger partial charge on any atom is 0.416 e.